The van der Waals surface area contributed by atoms with Gasteiger partial charge in [0, 0.05) is 19.2 Å². The Kier molecular flexibility index (Phi) is 4.29. The zero-order chi connectivity index (χ0) is 10.2. The Hall–Kier alpha value is -1.76. The van der Waals surface area contributed by atoms with Crippen LogP contribution in [0.2, 0.25) is 0 Å². The Morgan fingerprint density at radius 2 is 2.43 bits per heavy atom. The van der Waals surface area contributed by atoms with Crippen molar-refractivity contribution in [3.8, 4) is 12.3 Å². The van der Waals surface area contributed by atoms with E-state index in [1.54, 1.807) is 12.3 Å². The lowest BCUT2D eigenvalue weighted by molar-refractivity contribution is 0.786. The first kappa shape index (κ1) is 10.3. The normalized spacial score (nSPS) is 9.36. The summed E-state index contributed by atoms with van der Waals surface area (Å²) in [6, 6.07) is 1.72. The zero-order valence-electron chi connectivity index (χ0n) is 7.92. The Balaban J connectivity index is 2.25. The van der Waals surface area contributed by atoms with Crippen molar-refractivity contribution in [2.45, 2.75) is 19.3 Å². The van der Waals surface area contributed by atoms with Crippen LogP contribution in [-0.4, -0.2) is 16.5 Å². The van der Waals surface area contributed by atoms with Crippen molar-refractivity contribution in [1.29, 1.82) is 0 Å². The molecule has 0 saturated heterocycles. The Labute approximate surface area is 82.8 Å². The van der Waals surface area contributed by atoms with Gasteiger partial charge in [-0.25, -0.2) is 4.79 Å². The van der Waals surface area contributed by atoms with Crippen molar-refractivity contribution >= 4 is 5.82 Å². The molecular formula is C10H13N3O. The van der Waals surface area contributed by atoms with Crippen molar-refractivity contribution in [2.24, 2.45) is 0 Å². The fourth-order valence-corrected chi connectivity index (χ4v) is 1.04. The molecule has 14 heavy (non-hydrogen) atoms. The lowest BCUT2D eigenvalue weighted by Crippen LogP contribution is -2.13. The van der Waals surface area contributed by atoms with Crippen LogP contribution in [0.5, 0.6) is 0 Å². The van der Waals surface area contributed by atoms with E-state index in [0.717, 1.165) is 25.8 Å². The minimum atomic E-state index is -0.335. The fraction of sp³-hybridized carbons (Fsp3) is 0.400. The summed E-state index contributed by atoms with van der Waals surface area (Å²) in [5, 5.41) is 3.04. The van der Waals surface area contributed by atoms with Crippen molar-refractivity contribution in [1.82, 2.24) is 9.97 Å². The number of hydrogen-bond acceptors (Lipinski definition) is 3. The number of rotatable bonds is 5. The molecule has 4 heteroatoms. The topological polar surface area (TPSA) is 57.8 Å². The highest BCUT2D eigenvalue weighted by Crippen LogP contribution is 1.98. The molecule has 1 aromatic heterocycles. The highest BCUT2D eigenvalue weighted by atomic mass is 16.1. The van der Waals surface area contributed by atoms with Crippen molar-refractivity contribution in [2.75, 3.05) is 11.9 Å². The molecule has 4 nitrogen and oxygen atoms in total. The van der Waals surface area contributed by atoms with Gasteiger partial charge in [-0.2, -0.15) is 4.98 Å². The minimum absolute atomic E-state index is 0.335. The van der Waals surface area contributed by atoms with Crippen LogP contribution in [0.1, 0.15) is 19.3 Å². The van der Waals surface area contributed by atoms with E-state index in [9.17, 15) is 4.79 Å². The largest absolute Gasteiger partial charge is 0.370 e. The summed E-state index contributed by atoms with van der Waals surface area (Å²) in [5.41, 5.74) is -0.335. The number of H-pyrrole nitrogens is 1. The molecule has 0 aliphatic rings. The third-order valence-electron chi connectivity index (χ3n) is 1.72. The standard InChI is InChI=1S/C10H13N3O/c1-2-3-4-5-7-11-9-6-8-12-10(14)13-9/h1,6,8H,3-5,7H2,(H2,11,12,13,14). The maximum Gasteiger partial charge on any atom is 0.346 e. The Morgan fingerprint density at radius 3 is 3.14 bits per heavy atom. The maximum absolute atomic E-state index is 10.8. The van der Waals surface area contributed by atoms with Gasteiger partial charge in [-0.3, -0.25) is 0 Å². The molecule has 0 aliphatic heterocycles. The van der Waals surface area contributed by atoms with Crippen molar-refractivity contribution < 1.29 is 0 Å². The van der Waals surface area contributed by atoms with Crippen LogP contribution in [-0.2, 0) is 0 Å². The van der Waals surface area contributed by atoms with Crippen LogP contribution in [0.15, 0.2) is 17.1 Å². The first-order chi connectivity index (χ1) is 6.83. The molecule has 0 spiro atoms. The summed E-state index contributed by atoms with van der Waals surface area (Å²) in [6.07, 6.45) is 9.46. The van der Waals surface area contributed by atoms with Gasteiger partial charge in [0.1, 0.15) is 5.82 Å². The lowest BCUT2D eigenvalue weighted by Gasteiger charge is -2.02. The van der Waals surface area contributed by atoms with Gasteiger partial charge in [-0.1, -0.05) is 0 Å². The second-order valence-corrected chi connectivity index (χ2v) is 2.87. The van der Waals surface area contributed by atoms with Crippen LogP contribution in [0.3, 0.4) is 0 Å². The highest BCUT2D eigenvalue weighted by molar-refractivity contribution is 5.31. The smallest absolute Gasteiger partial charge is 0.346 e. The molecule has 0 aromatic carbocycles. The molecule has 1 heterocycles. The second kappa shape index (κ2) is 5.81. The molecule has 0 aliphatic carbocycles. The van der Waals surface area contributed by atoms with Crippen molar-refractivity contribution in [3.05, 3.63) is 22.7 Å². The van der Waals surface area contributed by atoms with E-state index in [-0.39, 0.29) is 5.69 Å². The average molecular weight is 191 g/mol. The average Bonchev–Trinajstić information content (AvgIpc) is 2.18. The van der Waals surface area contributed by atoms with Gasteiger partial charge in [-0.15, -0.1) is 12.3 Å². The predicted octanol–water partition coefficient (Wildman–Crippen LogP) is 0.985. The summed E-state index contributed by atoms with van der Waals surface area (Å²) in [4.78, 5) is 17.0. The van der Waals surface area contributed by atoms with E-state index in [4.69, 9.17) is 6.42 Å². The molecule has 74 valence electrons. The highest BCUT2D eigenvalue weighted by Gasteiger charge is 1.92. The minimum Gasteiger partial charge on any atom is -0.370 e. The van der Waals surface area contributed by atoms with Crippen LogP contribution >= 0.6 is 0 Å². The van der Waals surface area contributed by atoms with Gasteiger partial charge >= 0.3 is 5.69 Å². The summed E-state index contributed by atoms with van der Waals surface area (Å²) in [7, 11) is 0. The number of aromatic nitrogens is 2. The van der Waals surface area contributed by atoms with Gasteiger partial charge in [0.25, 0.3) is 0 Å². The Bertz CT molecular complexity index is 364. The summed E-state index contributed by atoms with van der Waals surface area (Å²) in [6.45, 7) is 0.790. The third-order valence-corrected chi connectivity index (χ3v) is 1.72. The zero-order valence-corrected chi connectivity index (χ0v) is 7.92. The number of aromatic amines is 1. The van der Waals surface area contributed by atoms with E-state index in [1.807, 2.05) is 0 Å². The van der Waals surface area contributed by atoms with Crippen LogP contribution in [0.4, 0.5) is 5.82 Å². The molecular weight excluding hydrogens is 178 g/mol. The van der Waals surface area contributed by atoms with Gasteiger partial charge in [-0.05, 0) is 18.9 Å². The number of hydrogen-bond donors (Lipinski definition) is 2. The summed E-state index contributed by atoms with van der Waals surface area (Å²) >= 11 is 0. The van der Waals surface area contributed by atoms with Gasteiger partial charge in [0.05, 0.1) is 0 Å². The SMILES string of the molecule is C#CCCCCNc1cc[nH]c(=O)n1. The van der Waals surface area contributed by atoms with E-state index < -0.39 is 0 Å². The lowest BCUT2D eigenvalue weighted by atomic mass is 10.2. The number of anilines is 1. The third kappa shape index (κ3) is 3.76. The quantitative estimate of drug-likeness (QED) is 0.539. The number of unbranched alkanes of at least 4 members (excludes halogenated alkanes) is 2. The molecule has 1 aromatic rings. The van der Waals surface area contributed by atoms with Crippen LogP contribution in [0, 0.1) is 12.3 Å². The molecule has 0 unspecified atom stereocenters. The van der Waals surface area contributed by atoms with E-state index >= 15 is 0 Å². The Morgan fingerprint density at radius 1 is 1.57 bits per heavy atom. The number of nitrogens with zero attached hydrogens (tertiary/aromatic N) is 1. The molecule has 2 N–H and O–H groups in total. The first-order valence-corrected chi connectivity index (χ1v) is 4.56. The monoisotopic (exact) mass is 191 g/mol. The first-order valence-electron chi connectivity index (χ1n) is 4.56. The van der Waals surface area contributed by atoms with Crippen LogP contribution < -0.4 is 11.0 Å². The number of nitrogens with one attached hydrogen (secondary N) is 2. The molecule has 1 rings (SSSR count). The molecule has 0 atom stereocenters. The molecule has 0 radical (unpaired) electrons. The second-order valence-electron chi connectivity index (χ2n) is 2.87. The number of terminal acetylenes is 1. The van der Waals surface area contributed by atoms with Gasteiger partial charge < -0.3 is 10.3 Å². The predicted molar refractivity (Wildman–Crippen MR) is 56.0 cm³/mol. The van der Waals surface area contributed by atoms with Gasteiger partial charge in [0.2, 0.25) is 0 Å². The van der Waals surface area contributed by atoms with E-state index in [2.05, 4.69) is 21.2 Å². The van der Waals surface area contributed by atoms with Crippen molar-refractivity contribution in [3.63, 3.8) is 0 Å². The molecule has 0 bridgehead atoms. The van der Waals surface area contributed by atoms with E-state index in [0.29, 0.717) is 5.82 Å². The maximum atomic E-state index is 10.8. The molecule has 0 amide bonds. The molecule has 0 saturated carbocycles. The van der Waals surface area contributed by atoms with E-state index in [1.165, 1.54) is 0 Å². The molecule has 0 fully saturated rings. The van der Waals surface area contributed by atoms with Gasteiger partial charge in [0.15, 0.2) is 0 Å². The summed E-state index contributed by atoms with van der Waals surface area (Å²) in [5.74, 6) is 3.18. The fourth-order valence-electron chi connectivity index (χ4n) is 1.04. The summed E-state index contributed by atoms with van der Waals surface area (Å²) < 4.78 is 0. The van der Waals surface area contributed by atoms with Crippen LogP contribution in [0.25, 0.3) is 0 Å².